The maximum Gasteiger partial charge on any atom is 0.112 e. The number of nitrogens with zero attached hydrogens (tertiary/aromatic N) is 6. The van der Waals surface area contributed by atoms with Gasteiger partial charge in [-0.05, 0) is 138 Å². The second-order valence-corrected chi connectivity index (χ2v) is 46.8. The van der Waals surface area contributed by atoms with Crippen LogP contribution in [0.5, 0.6) is 0 Å². The first-order valence-corrected chi connectivity index (χ1v) is 50.5. The molecule has 0 saturated carbocycles. The first-order chi connectivity index (χ1) is 57.5. The summed E-state index contributed by atoms with van der Waals surface area (Å²) in [6.07, 6.45) is 11.4. The molecule has 11 aromatic carbocycles. The zero-order valence-electron chi connectivity index (χ0n) is 71.8. The maximum atomic E-state index is 4.77. The minimum Gasteiger partial charge on any atom is -0.305 e. The third kappa shape index (κ3) is 26.5. The molecule has 0 spiro atoms. The Morgan fingerprint density at radius 3 is 0.926 bits per heavy atom. The van der Waals surface area contributed by atoms with E-state index in [1.807, 2.05) is 189 Å². The fraction of sp³-hybridized carbons (Fsp3) is 0.127. The second-order valence-electron chi connectivity index (χ2n) is 32.2. The molecule has 17 aromatic rings. The molecular formula is C110H102Ir3N6Si3-6. The van der Waals surface area contributed by atoms with Crippen molar-refractivity contribution in [2.45, 2.75) is 93.9 Å². The van der Waals surface area contributed by atoms with Crippen LogP contribution in [0.2, 0.25) is 52.4 Å². The van der Waals surface area contributed by atoms with E-state index >= 15 is 0 Å². The molecule has 0 saturated heterocycles. The summed E-state index contributed by atoms with van der Waals surface area (Å²) in [6.45, 7) is 31.9. The predicted octanol–water partition coefficient (Wildman–Crippen LogP) is 25.7. The Bertz CT molecular complexity index is 5950. The van der Waals surface area contributed by atoms with E-state index in [0.29, 0.717) is 0 Å². The summed E-state index contributed by atoms with van der Waals surface area (Å²) in [5, 5.41) is 5.90. The van der Waals surface area contributed by atoms with E-state index in [-0.39, 0.29) is 60.3 Å². The third-order valence-corrected chi connectivity index (χ3v) is 28.5. The van der Waals surface area contributed by atoms with Gasteiger partial charge in [-0.15, -0.1) is 215 Å². The number of benzene rings is 11. The molecule has 0 N–H and O–H groups in total. The van der Waals surface area contributed by atoms with Gasteiger partial charge in [-0.3, -0.25) is 0 Å². The van der Waals surface area contributed by atoms with Gasteiger partial charge in [0.25, 0.3) is 0 Å². The van der Waals surface area contributed by atoms with Gasteiger partial charge in [-0.2, -0.15) is 0 Å². The van der Waals surface area contributed by atoms with Gasteiger partial charge >= 0.3 is 0 Å². The van der Waals surface area contributed by atoms with Crippen LogP contribution in [0.25, 0.3) is 112 Å². The van der Waals surface area contributed by atoms with Crippen molar-refractivity contribution in [3.8, 4) is 112 Å². The molecule has 0 bridgehead atoms. The second kappa shape index (κ2) is 45.7. The number of pyridine rings is 6. The average molecular weight is 2170 g/mol. The monoisotopic (exact) mass is 2170 g/mol. The summed E-state index contributed by atoms with van der Waals surface area (Å²) in [5.74, 6) is 0. The maximum absolute atomic E-state index is 4.77. The van der Waals surface area contributed by atoms with Crippen LogP contribution in [0.1, 0.15) is 33.4 Å². The average Bonchev–Trinajstić information content (AvgIpc) is 0.785. The minimum atomic E-state index is -1.70. The van der Waals surface area contributed by atoms with Crippen molar-refractivity contribution >= 4 is 45.0 Å². The summed E-state index contributed by atoms with van der Waals surface area (Å²) in [7, 11) is -4.22. The van der Waals surface area contributed by atoms with Gasteiger partial charge in [0.2, 0.25) is 0 Å². The zero-order valence-corrected chi connectivity index (χ0v) is 82.0. The minimum absolute atomic E-state index is 0. The van der Waals surface area contributed by atoms with E-state index in [1.54, 1.807) is 6.20 Å². The van der Waals surface area contributed by atoms with E-state index in [4.69, 9.17) is 9.97 Å². The van der Waals surface area contributed by atoms with E-state index in [9.17, 15) is 0 Å². The number of aryl methyl sites for hydroxylation is 6. The summed E-state index contributed by atoms with van der Waals surface area (Å²) in [4.78, 5) is 26.9. The van der Waals surface area contributed by atoms with Crippen molar-refractivity contribution in [2.75, 3.05) is 0 Å². The normalized spacial score (nSPS) is 10.7. The largest absolute Gasteiger partial charge is 0.305 e. The van der Waals surface area contributed by atoms with Gasteiger partial charge in [-0.25, -0.2) is 0 Å². The number of rotatable bonds is 14. The van der Waals surface area contributed by atoms with Crippen molar-refractivity contribution in [3.63, 3.8) is 0 Å². The summed E-state index contributed by atoms with van der Waals surface area (Å²) < 4.78 is 0. The van der Waals surface area contributed by atoms with Gasteiger partial charge in [0.1, 0.15) is 8.07 Å². The Balaban J connectivity index is 0.000000171. The van der Waals surface area contributed by atoms with E-state index < -0.39 is 24.2 Å². The van der Waals surface area contributed by atoms with Crippen molar-refractivity contribution in [1.29, 1.82) is 0 Å². The molecule has 617 valence electrons. The summed E-state index contributed by atoms with van der Waals surface area (Å²) >= 11 is 0. The molecule has 0 atom stereocenters. The van der Waals surface area contributed by atoms with Gasteiger partial charge in [-0.1, -0.05) is 254 Å². The van der Waals surface area contributed by atoms with Crippen LogP contribution in [0, 0.1) is 77.9 Å². The van der Waals surface area contributed by atoms with Crippen LogP contribution in [-0.2, 0) is 60.3 Å². The number of hydrogen-bond donors (Lipinski definition) is 0. The summed E-state index contributed by atoms with van der Waals surface area (Å²) in [6, 6.07) is 132. The fourth-order valence-corrected chi connectivity index (χ4v) is 18.5. The van der Waals surface area contributed by atoms with Crippen LogP contribution in [0.3, 0.4) is 0 Å². The molecule has 6 nitrogen and oxygen atoms in total. The Hall–Kier alpha value is -11.1. The van der Waals surface area contributed by atoms with Crippen LogP contribution in [0.4, 0.5) is 0 Å². The van der Waals surface area contributed by atoms with Gasteiger partial charge in [0, 0.05) is 114 Å². The Kier molecular flexibility index (Phi) is 35.5. The molecule has 0 aliphatic carbocycles. The topological polar surface area (TPSA) is 77.3 Å². The van der Waals surface area contributed by atoms with Crippen molar-refractivity contribution in [2.24, 2.45) is 0 Å². The van der Waals surface area contributed by atoms with Crippen LogP contribution < -0.4 is 20.7 Å². The molecule has 122 heavy (non-hydrogen) atoms. The molecule has 12 heteroatoms. The molecule has 6 heterocycles. The Morgan fingerprint density at radius 2 is 0.557 bits per heavy atom. The number of aromatic nitrogens is 6. The molecule has 0 aliphatic rings. The summed E-state index contributed by atoms with van der Waals surface area (Å²) in [5.41, 5.74) is 29.3. The van der Waals surface area contributed by atoms with Gasteiger partial charge in [0.05, 0.1) is 16.1 Å². The molecule has 3 radical (unpaired) electrons. The van der Waals surface area contributed by atoms with Gasteiger partial charge < -0.3 is 29.9 Å². The molecule has 0 unspecified atom stereocenters. The Labute approximate surface area is 768 Å². The fourth-order valence-electron chi connectivity index (χ4n) is 13.7. The molecule has 6 aromatic heterocycles. The first kappa shape index (κ1) is 94.8. The predicted molar refractivity (Wildman–Crippen MR) is 510 cm³/mol. The number of hydrogen-bond acceptors (Lipinski definition) is 6. The molecule has 17 rings (SSSR count). The Morgan fingerprint density at radius 1 is 0.213 bits per heavy atom. The SMILES string of the molecule is Cc1cc(-c2[c-]ccc(-c3ccccc3)c2)ncc1-c1ccc([Si](C)(C)C)cc1.Cc1cc(-c2[c-]cccc2)ncc1-c1ccc([Si](C)(C)C)cc1.Cc1cc([Si](C)(C)c2ccccc2)ccc1-c1cnc(-c2[c-]cccc2)cc1C.Cc1ccnc(-c2[c-]cccc2)c1.Cc1ccnc(-c2[c-]cccc2)c1.[Ir].[Ir].[Ir].[c-]1ccccc1-c1ccccn1. The van der Waals surface area contributed by atoms with Crippen LogP contribution in [0.15, 0.2) is 365 Å². The smallest absolute Gasteiger partial charge is 0.112 e. The zero-order chi connectivity index (χ0) is 83.7. The van der Waals surface area contributed by atoms with Gasteiger partial charge in [0.15, 0.2) is 0 Å². The molecule has 0 fully saturated rings. The van der Waals surface area contributed by atoms with Crippen LogP contribution >= 0.6 is 0 Å². The molecular weight excluding hydrogens is 2070 g/mol. The molecule has 0 aliphatic heterocycles. The third-order valence-electron chi connectivity index (χ3n) is 20.8. The van der Waals surface area contributed by atoms with E-state index in [1.165, 1.54) is 98.6 Å². The standard InChI is InChI=1S/2C27H26NSi.C21H22NSi.2C12H10N.C11H8N.3Ir/c1-20-17-24(29(3,4)23-13-9-6-10-14-23)15-16-25(20)26-19-28-27(18-21(26)2)22-11-7-5-8-12-22;1-20-17-27(24-12-8-11-23(18-24)21-9-6-5-7-10-21)28-19-26(20)22-13-15-25(16-14-22)29(2,3)4;1-16-14-21(18-8-6-5-7-9-18)22-15-20(16)17-10-12-19(13-11-17)23(2,3)4;2*1-10-7-8-13-12(9-10)11-5-3-2-4-6-11;1-2-6-10(7-3-1)11-8-4-5-9-12-11;;;/h2*5-11,13-19H,1-4H3;5-8,10-15H,1-4H3;2*2-5,7-9H,1H3;1-6,8-9H;;;/q6*-1;;;. The van der Waals surface area contributed by atoms with Crippen molar-refractivity contribution < 1.29 is 60.3 Å². The van der Waals surface area contributed by atoms with E-state index in [2.05, 4.69) is 320 Å². The van der Waals surface area contributed by atoms with Crippen LogP contribution in [-0.4, -0.2) is 54.1 Å². The van der Waals surface area contributed by atoms with E-state index in [0.717, 1.165) is 67.5 Å². The van der Waals surface area contributed by atoms with Crippen molar-refractivity contribution in [1.82, 2.24) is 29.9 Å². The van der Waals surface area contributed by atoms with Crippen molar-refractivity contribution in [3.05, 3.63) is 435 Å². The quantitative estimate of drug-likeness (QED) is 0.0797. The molecule has 0 amide bonds. The first-order valence-electron chi connectivity index (χ1n) is 40.5.